The number of rotatable bonds is 1. The maximum atomic E-state index is 11.3. The summed E-state index contributed by atoms with van der Waals surface area (Å²) in [5.74, 6) is -0.860. The van der Waals surface area contributed by atoms with Gasteiger partial charge in [0.15, 0.2) is 0 Å². The molecular weight excluding hydrogens is 212 g/mol. The third-order valence-corrected chi connectivity index (χ3v) is 3.58. The van der Waals surface area contributed by atoms with Crippen molar-refractivity contribution in [3.63, 3.8) is 0 Å². The van der Waals surface area contributed by atoms with Gasteiger partial charge in [0.1, 0.15) is 0 Å². The molecule has 2 aromatic rings. The third kappa shape index (κ3) is 1.70. The van der Waals surface area contributed by atoms with Crippen LogP contribution in [0.4, 0.5) is 0 Å². The Bertz CT molecular complexity index is 616. The van der Waals surface area contributed by atoms with Gasteiger partial charge in [-0.05, 0) is 66.8 Å². The van der Waals surface area contributed by atoms with Crippen molar-refractivity contribution in [1.82, 2.24) is 0 Å². The summed E-state index contributed by atoms with van der Waals surface area (Å²) in [6.45, 7) is 8.12. The summed E-state index contributed by atoms with van der Waals surface area (Å²) < 4.78 is 0. The van der Waals surface area contributed by atoms with Crippen LogP contribution < -0.4 is 0 Å². The maximum absolute atomic E-state index is 11.3. The quantitative estimate of drug-likeness (QED) is 0.806. The lowest BCUT2D eigenvalue weighted by Crippen LogP contribution is -2.01. The fourth-order valence-corrected chi connectivity index (χ4v) is 2.30. The van der Waals surface area contributed by atoms with Gasteiger partial charge in [0, 0.05) is 0 Å². The molecule has 0 bridgehead atoms. The molecule has 2 aromatic carbocycles. The summed E-state index contributed by atoms with van der Waals surface area (Å²) in [4.78, 5) is 11.3. The highest BCUT2D eigenvalue weighted by atomic mass is 16.4. The molecule has 0 aliphatic rings. The Morgan fingerprint density at radius 2 is 1.59 bits per heavy atom. The zero-order valence-corrected chi connectivity index (χ0v) is 10.6. The number of fused-ring (bicyclic) bond motifs is 1. The van der Waals surface area contributed by atoms with Crippen molar-refractivity contribution in [2.24, 2.45) is 0 Å². The second-order valence-corrected chi connectivity index (χ2v) is 4.60. The Balaban J connectivity index is 3.04. The number of aromatic carboxylic acids is 1. The first-order valence-electron chi connectivity index (χ1n) is 5.67. The second-order valence-electron chi connectivity index (χ2n) is 4.60. The minimum atomic E-state index is -0.860. The van der Waals surface area contributed by atoms with Crippen molar-refractivity contribution < 1.29 is 9.90 Å². The first-order chi connectivity index (χ1) is 7.93. The largest absolute Gasteiger partial charge is 0.478 e. The summed E-state index contributed by atoms with van der Waals surface area (Å²) in [5, 5.41) is 11.2. The van der Waals surface area contributed by atoms with Gasteiger partial charge >= 0.3 is 5.97 Å². The van der Waals surface area contributed by atoms with E-state index in [0.717, 1.165) is 16.3 Å². The van der Waals surface area contributed by atoms with E-state index in [4.69, 9.17) is 0 Å². The van der Waals surface area contributed by atoms with Crippen LogP contribution in [0, 0.1) is 27.7 Å². The third-order valence-electron chi connectivity index (χ3n) is 3.58. The van der Waals surface area contributed by atoms with Crippen molar-refractivity contribution in [3.8, 4) is 0 Å². The molecule has 0 aromatic heterocycles. The van der Waals surface area contributed by atoms with Crippen LogP contribution in [0.15, 0.2) is 18.2 Å². The topological polar surface area (TPSA) is 37.3 Å². The SMILES string of the molecule is Cc1ccc2c(C(=O)O)cc(C)c(C)c2c1C. The van der Waals surface area contributed by atoms with Crippen molar-refractivity contribution in [2.45, 2.75) is 27.7 Å². The van der Waals surface area contributed by atoms with Crippen LogP contribution in [0.1, 0.15) is 32.6 Å². The van der Waals surface area contributed by atoms with E-state index < -0.39 is 5.97 Å². The van der Waals surface area contributed by atoms with Gasteiger partial charge in [0.25, 0.3) is 0 Å². The normalized spacial score (nSPS) is 10.8. The number of hydrogen-bond acceptors (Lipinski definition) is 1. The summed E-state index contributed by atoms with van der Waals surface area (Å²) in [6.07, 6.45) is 0. The first kappa shape index (κ1) is 11.6. The Hall–Kier alpha value is -1.83. The highest BCUT2D eigenvalue weighted by Gasteiger charge is 2.14. The molecule has 0 aliphatic carbocycles. The Morgan fingerprint density at radius 3 is 2.18 bits per heavy atom. The Labute approximate surface area is 101 Å². The average Bonchev–Trinajstić information content (AvgIpc) is 2.27. The van der Waals surface area contributed by atoms with E-state index in [9.17, 15) is 9.90 Å². The van der Waals surface area contributed by atoms with Crippen LogP contribution in [0.2, 0.25) is 0 Å². The van der Waals surface area contributed by atoms with Crippen molar-refractivity contribution >= 4 is 16.7 Å². The molecule has 0 aliphatic heterocycles. The van der Waals surface area contributed by atoms with Crippen LogP contribution in [0.3, 0.4) is 0 Å². The van der Waals surface area contributed by atoms with E-state index in [1.54, 1.807) is 6.07 Å². The van der Waals surface area contributed by atoms with Crippen LogP contribution in [-0.2, 0) is 0 Å². The fourth-order valence-electron chi connectivity index (χ4n) is 2.30. The van der Waals surface area contributed by atoms with E-state index in [1.165, 1.54) is 16.7 Å². The molecule has 0 unspecified atom stereocenters. The number of hydrogen-bond donors (Lipinski definition) is 1. The first-order valence-corrected chi connectivity index (χ1v) is 5.67. The van der Waals surface area contributed by atoms with Crippen LogP contribution in [-0.4, -0.2) is 11.1 Å². The highest BCUT2D eigenvalue weighted by molar-refractivity contribution is 6.06. The van der Waals surface area contributed by atoms with Gasteiger partial charge in [-0.25, -0.2) is 4.79 Å². The predicted molar refractivity (Wildman–Crippen MR) is 69.9 cm³/mol. The van der Waals surface area contributed by atoms with E-state index in [1.807, 2.05) is 19.1 Å². The smallest absolute Gasteiger partial charge is 0.336 e. The number of carboxylic acid groups (broad SMARTS) is 1. The number of carboxylic acids is 1. The van der Waals surface area contributed by atoms with Crippen LogP contribution in [0.5, 0.6) is 0 Å². The summed E-state index contributed by atoms with van der Waals surface area (Å²) >= 11 is 0. The molecule has 0 spiro atoms. The van der Waals surface area contributed by atoms with E-state index in [-0.39, 0.29) is 0 Å². The Kier molecular flexibility index (Phi) is 2.66. The number of aryl methyl sites for hydroxylation is 4. The highest BCUT2D eigenvalue weighted by Crippen LogP contribution is 2.30. The van der Waals surface area contributed by atoms with Gasteiger partial charge in [-0.15, -0.1) is 0 Å². The molecular formula is C15H16O2. The zero-order valence-electron chi connectivity index (χ0n) is 10.6. The maximum Gasteiger partial charge on any atom is 0.336 e. The van der Waals surface area contributed by atoms with E-state index in [2.05, 4.69) is 20.8 Å². The minimum absolute atomic E-state index is 0.395. The lowest BCUT2D eigenvalue weighted by Gasteiger charge is -2.13. The van der Waals surface area contributed by atoms with E-state index in [0.29, 0.717) is 5.56 Å². The molecule has 0 radical (unpaired) electrons. The van der Waals surface area contributed by atoms with Gasteiger partial charge < -0.3 is 5.11 Å². The molecule has 0 saturated carbocycles. The van der Waals surface area contributed by atoms with Crippen LogP contribution >= 0.6 is 0 Å². The summed E-state index contributed by atoms with van der Waals surface area (Å²) in [7, 11) is 0. The van der Waals surface area contributed by atoms with Gasteiger partial charge in [-0.2, -0.15) is 0 Å². The average molecular weight is 228 g/mol. The second kappa shape index (κ2) is 3.88. The molecule has 2 nitrogen and oxygen atoms in total. The van der Waals surface area contributed by atoms with Crippen molar-refractivity contribution in [1.29, 1.82) is 0 Å². The summed E-state index contributed by atoms with van der Waals surface area (Å²) in [5.41, 5.74) is 4.97. The summed E-state index contributed by atoms with van der Waals surface area (Å²) in [6, 6.07) is 5.65. The Morgan fingerprint density at radius 1 is 1.00 bits per heavy atom. The minimum Gasteiger partial charge on any atom is -0.478 e. The molecule has 0 atom stereocenters. The monoisotopic (exact) mass is 228 g/mol. The van der Waals surface area contributed by atoms with Gasteiger partial charge in [0.05, 0.1) is 5.56 Å². The van der Waals surface area contributed by atoms with Crippen molar-refractivity contribution in [2.75, 3.05) is 0 Å². The predicted octanol–water partition coefficient (Wildman–Crippen LogP) is 3.77. The molecule has 0 heterocycles. The van der Waals surface area contributed by atoms with Gasteiger partial charge in [-0.1, -0.05) is 12.1 Å². The molecule has 2 rings (SSSR count). The van der Waals surface area contributed by atoms with Crippen LogP contribution in [0.25, 0.3) is 10.8 Å². The lowest BCUT2D eigenvalue weighted by atomic mass is 9.91. The zero-order chi connectivity index (χ0) is 12.7. The molecule has 2 heteroatoms. The van der Waals surface area contributed by atoms with Gasteiger partial charge in [-0.3, -0.25) is 0 Å². The molecule has 0 fully saturated rings. The number of benzene rings is 2. The standard InChI is InChI=1S/C15H16O2/c1-8-5-6-12-13(15(16)17)7-9(2)11(4)14(12)10(8)3/h5-7H,1-4H3,(H,16,17). The molecule has 17 heavy (non-hydrogen) atoms. The molecule has 1 N–H and O–H groups in total. The van der Waals surface area contributed by atoms with Gasteiger partial charge in [0.2, 0.25) is 0 Å². The van der Waals surface area contributed by atoms with Crippen molar-refractivity contribution in [3.05, 3.63) is 46.0 Å². The fraction of sp³-hybridized carbons (Fsp3) is 0.267. The molecule has 88 valence electrons. The molecule has 0 saturated heterocycles. The molecule has 0 amide bonds. The van der Waals surface area contributed by atoms with E-state index >= 15 is 0 Å². The number of carbonyl (C=O) groups is 1. The lowest BCUT2D eigenvalue weighted by molar-refractivity contribution is 0.0699.